The zero-order valence-electron chi connectivity index (χ0n) is 14.4. The van der Waals surface area contributed by atoms with Gasteiger partial charge in [-0.1, -0.05) is 17.7 Å². The van der Waals surface area contributed by atoms with Gasteiger partial charge in [-0.25, -0.2) is 9.97 Å². The molecule has 0 N–H and O–H groups in total. The number of ether oxygens (including phenoxy) is 2. The number of hydrogen-bond acceptors (Lipinski definition) is 4. The predicted molar refractivity (Wildman–Crippen MR) is 100 cm³/mol. The first-order valence-corrected chi connectivity index (χ1v) is 8.39. The third-order valence-electron chi connectivity index (χ3n) is 3.51. The van der Waals surface area contributed by atoms with Crippen LogP contribution in [0.5, 0.6) is 11.6 Å². The minimum absolute atomic E-state index is 0.140. The topological polar surface area (TPSA) is 44.2 Å². The summed E-state index contributed by atoms with van der Waals surface area (Å²) in [5.74, 6) is 1.37. The van der Waals surface area contributed by atoms with Crippen LogP contribution in [0.3, 0.4) is 0 Å². The van der Waals surface area contributed by atoms with Gasteiger partial charge in [-0.3, -0.25) is 0 Å². The molecule has 0 unspecified atom stereocenters. The second kappa shape index (κ2) is 7.53. The Hall–Kier alpha value is -2.59. The van der Waals surface area contributed by atoms with Gasteiger partial charge in [0.15, 0.2) is 0 Å². The summed E-state index contributed by atoms with van der Waals surface area (Å²) in [6.45, 7) is 4.00. The van der Waals surface area contributed by atoms with Gasteiger partial charge in [0.25, 0.3) is 0 Å². The molecule has 0 bridgehead atoms. The van der Waals surface area contributed by atoms with Crippen molar-refractivity contribution in [1.29, 1.82) is 0 Å². The van der Waals surface area contributed by atoms with Crippen LogP contribution in [0, 0.1) is 0 Å². The Balaban J connectivity index is 1.96. The molecule has 0 aliphatic heterocycles. The van der Waals surface area contributed by atoms with Crippen LogP contribution in [0.25, 0.3) is 22.6 Å². The predicted octanol–water partition coefficient (Wildman–Crippen LogP) is 5.26. The Morgan fingerprint density at radius 3 is 2.28 bits per heavy atom. The van der Waals surface area contributed by atoms with Crippen LogP contribution < -0.4 is 9.47 Å². The van der Waals surface area contributed by atoms with Crippen molar-refractivity contribution >= 4 is 11.6 Å². The number of aromatic nitrogens is 2. The maximum atomic E-state index is 6.30. The zero-order chi connectivity index (χ0) is 17.8. The first kappa shape index (κ1) is 17.2. The summed E-state index contributed by atoms with van der Waals surface area (Å²) in [7, 11) is 1.59. The second-order valence-corrected chi connectivity index (χ2v) is 6.25. The number of benzene rings is 1. The number of hydrogen-bond donors (Lipinski definition) is 0. The van der Waals surface area contributed by atoms with Gasteiger partial charge >= 0.3 is 0 Å². The maximum Gasteiger partial charge on any atom is 0.213 e. The molecule has 0 saturated carbocycles. The third kappa shape index (κ3) is 4.28. The molecular formula is C20H19ClN2O2. The van der Waals surface area contributed by atoms with Gasteiger partial charge in [-0.2, -0.15) is 0 Å². The summed E-state index contributed by atoms with van der Waals surface area (Å²) < 4.78 is 10.9. The molecule has 0 aliphatic rings. The molecule has 0 aliphatic carbocycles. The van der Waals surface area contributed by atoms with Crippen LogP contribution in [0.15, 0.2) is 54.6 Å². The van der Waals surface area contributed by atoms with Crippen LogP contribution in [0.1, 0.15) is 13.8 Å². The van der Waals surface area contributed by atoms with Crippen molar-refractivity contribution < 1.29 is 9.47 Å². The second-order valence-electron chi connectivity index (χ2n) is 5.81. The zero-order valence-corrected chi connectivity index (χ0v) is 15.1. The molecule has 2 aromatic heterocycles. The Labute approximate surface area is 152 Å². The minimum Gasteiger partial charge on any atom is -0.491 e. The van der Waals surface area contributed by atoms with Crippen LogP contribution in [0.4, 0.5) is 0 Å². The SMILES string of the molecule is COc1cccc(-c2cc(Cl)cc(-c3ccc(OC(C)C)cc3)n2)n1. The number of methoxy groups -OCH3 is 1. The summed E-state index contributed by atoms with van der Waals surface area (Å²) in [6.07, 6.45) is 0.140. The van der Waals surface area contributed by atoms with E-state index in [2.05, 4.69) is 4.98 Å². The fourth-order valence-electron chi connectivity index (χ4n) is 2.42. The third-order valence-corrected chi connectivity index (χ3v) is 3.73. The van der Waals surface area contributed by atoms with Crippen molar-refractivity contribution in [1.82, 2.24) is 9.97 Å². The van der Waals surface area contributed by atoms with E-state index in [9.17, 15) is 0 Å². The molecule has 0 amide bonds. The van der Waals surface area contributed by atoms with E-state index in [1.807, 2.05) is 56.3 Å². The van der Waals surface area contributed by atoms with Gasteiger partial charge in [-0.05, 0) is 56.3 Å². The van der Waals surface area contributed by atoms with Crippen molar-refractivity contribution in [2.24, 2.45) is 0 Å². The molecule has 3 rings (SSSR count). The van der Waals surface area contributed by atoms with Gasteiger partial charge in [0.2, 0.25) is 5.88 Å². The lowest BCUT2D eigenvalue weighted by molar-refractivity contribution is 0.242. The van der Waals surface area contributed by atoms with E-state index in [4.69, 9.17) is 26.1 Å². The summed E-state index contributed by atoms with van der Waals surface area (Å²) in [5, 5.41) is 0.604. The van der Waals surface area contributed by atoms with E-state index in [0.29, 0.717) is 22.3 Å². The Kier molecular flexibility index (Phi) is 5.19. The molecule has 4 nitrogen and oxygen atoms in total. The molecule has 0 fully saturated rings. The van der Waals surface area contributed by atoms with E-state index < -0.39 is 0 Å². The minimum atomic E-state index is 0.140. The monoisotopic (exact) mass is 354 g/mol. The maximum absolute atomic E-state index is 6.30. The van der Waals surface area contributed by atoms with Gasteiger partial charge in [0.1, 0.15) is 5.75 Å². The van der Waals surface area contributed by atoms with Gasteiger partial charge in [0, 0.05) is 16.7 Å². The lowest BCUT2D eigenvalue weighted by atomic mass is 10.1. The van der Waals surface area contributed by atoms with Crippen molar-refractivity contribution in [3.05, 3.63) is 59.6 Å². The fraction of sp³-hybridized carbons (Fsp3) is 0.200. The molecule has 0 saturated heterocycles. The smallest absolute Gasteiger partial charge is 0.213 e. The molecule has 2 heterocycles. The van der Waals surface area contributed by atoms with E-state index in [1.54, 1.807) is 19.2 Å². The van der Waals surface area contributed by atoms with E-state index in [-0.39, 0.29) is 6.10 Å². The summed E-state index contributed by atoms with van der Waals surface area (Å²) in [6, 6.07) is 17.0. The molecule has 25 heavy (non-hydrogen) atoms. The quantitative estimate of drug-likeness (QED) is 0.627. The Morgan fingerprint density at radius 2 is 1.60 bits per heavy atom. The first-order chi connectivity index (χ1) is 12.0. The molecular weight excluding hydrogens is 336 g/mol. The van der Waals surface area contributed by atoms with E-state index >= 15 is 0 Å². The highest BCUT2D eigenvalue weighted by Gasteiger charge is 2.09. The molecule has 0 atom stereocenters. The number of halogens is 1. The Bertz CT molecular complexity index is 864. The number of rotatable bonds is 5. The lowest BCUT2D eigenvalue weighted by Gasteiger charge is -2.11. The highest BCUT2D eigenvalue weighted by molar-refractivity contribution is 6.31. The van der Waals surface area contributed by atoms with Crippen molar-refractivity contribution in [2.45, 2.75) is 20.0 Å². The molecule has 0 spiro atoms. The normalized spacial score (nSPS) is 10.8. The molecule has 1 aromatic carbocycles. The number of nitrogens with zero attached hydrogens (tertiary/aromatic N) is 2. The van der Waals surface area contributed by atoms with Gasteiger partial charge in [0.05, 0.1) is 30.3 Å². The Morgan fingerprint density at radius 1 is 0.880 bits per heavy atom. The standard InChI is InChI=1S/C20H19ClN2O2/c1-13(2)25-16-9-7-14(8-10-16)18-11-15(21)12-19(22-18)17-5-4-6-20(23-17)24-3/h4-13H,1-3H3. The largest absolute Gasteiger partial charge is 0.491 e. The summed E-state index contributed by atoms with van der Waals surface area (Å²) >= 11 is 6.30. The van der Waals surface area contributed by atoms with Crippen molar-refractivity contribution in [2.75, 3.05) is 7.11 Å². The van der Waals surface area contributed by atoms with Gasteiger partial charge < -0.3 is 9.47 Å². The lowest BCUT2D eigenvalue weighted by Crippen LogP contribution is -2.05. The average Bonchev–Trinajstić information content (AvgIpc) is 2.61. The van der Waals surface area contributed by atoms with Crippen LogP contribution >= 0.6 is 11.6 Å². The van der Waals surface area contributed by atoms with Crippen LogP contribution in [0.2, 0.25) is 5.02 Å². The van der Waals surface area contributed by atoms with Crippen LogP contribution in [-0.2, 0) is 0 Å². The van der Waals surface area contributed by atoms with Gasteiger partial charge in [-0.15, -0.1) is 0 Å². The van der Waals surface area contributed by atoms with Crippen molar-refractivity contribution in [3.8, 4) is 34.3 Å². The van der Waals surface area contributed by atoms with Crippen LogP contribution in [-0.4, -0.2) is 23.2 Å². The highest BCUT2D eigenvalue weighted by atomic mass is 35.5. The fourth-order valence-corrected chi connectivity index (χ4v) is 2.63. The highest BCUT2D eigenvalue weighted by Crippen LogP contribution is 2.28. The number of pyridine rings is 2. The molecule has 0 radical (unpaired) electrons. The van der Waals surface area contributed by atoms with Crippen molar-refractivity contribution in [3.63, 3.8) is 0 Å². The molecule has 128 valence electrons. The molecule has 3 aromatic rings. The van der Waals surface area contributed by atoms with E-state index in [1.165, 1.54) is 0 Å². The first-order valence-electron chi connectivity index (χ1n) is 8.01. The van der Waals surface area contributed by atoms with E-state index in [0.717, 1.165) is 17.0 Å². The molecule has 5 heteroatoms. The summed E-state index contributed by atoms with van der Waals surface area (Å²) in [4.78, 5) is 9.12. The average molecular weight is 355 g/mol. The summed E-state index contributed by atoms with van der Waals surface area (Å²) in [5.41, 5.74) is 3.15.